The minimum absolute atomic E-state index is 0.495. The van der Waals surface area contributed by atoms with Gasteiger partial charge in [0.15, 0.2) is 0 Å². The Labute approximate surface area is 118 Å². The molecule has 1 amide bonds. The maximum Gasteiger partial charge on any atom is 0.409 e. The van der Waals surface area contributed by atoms with Gasteiger partial charge in [-0.2, -0.15) is 0 Å². The molecule has 4 nitrogen and oxygen atoms in total. The summed E-state index contributed by atoms with van der Waals surface area (Å²) < 4.78 is 6.03. The largest absolute Gasteiger partial charge is 0.444 e. The fourth-order valence-corrected chi connectivity index (χ4v) is 1.32. The zero-order valence-corrected chi connectivity index (χ0v) is 13.1. The summed E-state index contributed by atoms with van der Waals surface area (Å²) in [5.74, 6) is 0. The van der Waals surface area contributed by atoms with Gasteiger partial charge >= 0.3 is 6.09 Å². The number of alkyl carbamates (subject to hydrolysis) is 1. The Bertz CT molecular complexity index is 334. The molecule has 0 aromatic heterocycles. The lowest BCUT2D eigenvalue weighted by Gasteiger charge is -2.30. The molecular formula is C13H23BrN2O2. The lowest BCUT2D eigenvalue weighted by atomic mass is 10.0. The second-order valence-corrected chi connectivity index (χ2v) is 6.05. The van der Waals surface area contributed by atoms with Crippen molar-refractivity contribution in [2.24, 2.45) is 5.73 Å². The van der Waals surface area contributed by atoms with Gasteiger partial charge in [0.25, 0.3) is 0 Å². The average molecular weight is 319 g/mol. The number of hydrogen-bond donors (Lipinski definition) is 2. The monoisotopic (exact) mass is 318 g/mol. The summed E-state index contributed by atoms with van der Waals surface area (Å²) in [5.41, 5.74) is 4.76. The van der Waals surface area contributed by atoms with Crippen LogP contribution >= 0.6 is 15.9 Å². The number of hydrogen-bond acceptors (Lipinski definition) is 3. The first kappa shape index (κ1) is 17.2. The molecule has 0 saturated heterocycles. The van der Waals surface area contributed by atoms with Crippen LogP contribution in [-0.2, 0) is 4.74 Å². The van der Waals surface area contributed by atoms with E-state index in [2.05, 4.69) is 27.8 Å². The summed E-state index contributed by atoms with van der Waals surface area (Å²) in [7, 11) is 0. The van der Waals surface area contributed by atoms with Crippen molar-refractivity contribution in [3.8, 4) is 0 Å². The number of halogens is 1. The molecule has 5 heteroatoms. The van der Waals surface area contributed by atoms with Crippen molar-refractivity contribution in [3.05, 3.63) is 23.2 Å². The maximum absolute atomic E-state index is 11.7. The van der Waals surface area contributed by atoms with E-state index < -0.39 is 17.4 Å². The molecule has 0 heterocycles. The molecule has 0 aliphatic carbocycles. The second-order valence-electron chi connectivity index (χ2n) is 5.13. The van der Waals surface area contributed by atoms with Crippen LogP contribution < -0.4 is 11.1 Å². The first-order valence-corrected chi connectivity index (χ1v) is 6.69. The minimum Gasteiger partial charge on any atom is -0.444 e. The normalized spacial score (nSPS) is 15.8. The van der Waals surface area contributed by atoms with Crippen molar-refractivity contribution in [2.45, 2.75) is 51.8 Å². The van der Waals surface area contributed by atoms with Crippen LogP contribution in [-0.4, -0.2) is 17.4 Å². The van der Waals surface area contributed by atoms with Gasteiger partial charge in [0, 0.05) is 10.9 Å². The SMILES string of the molecule is C=C/C(Br)=C\CC(N)(CC)NC(=O)OC(C)(C)C. The van der Waals surface area contributed by atoms with Crippen molar-refractivity contribution >= 4 is 22.0 Å². The minimum atomic E-state index is -0.815. The van der Waals surface area contributed by atoms with Crippen LogP contribution in [0.2, 0.25) is 0 Å². The molecule has 0 aliphatic heterocycles. The Hall–Kier alpha value is -0.810. The highest BCUT2D eigenvalue weighted by Crippen LogP contribution is 2.15. The van der Waals surface area contributed by atoms with Crippen LogP contribution in [0, 0.1) is 0 Å². The number of allylic oxidation sites excluding steroid dienone is 2. The zero-order chi connectivity index (χ0) is 14.4. The van der Waals surface area contributed by atoms with Crippen LogP contribution in [0.25, 0.3) is 0 Å². The van der Waals surface area contributed by atoms with Gasteiger partial charge in [-0.05, 0) is 27.2 Å². The van der Waals surface area contributed by atoms with Crippen molar-refractivity contribution in [1.82, 2.24) is 5.32 Å². The number of ether oxygens (including phenoxy) is 1. The summed E-state index contributed by atoms with van der Waals surface area (Å²) in [4.78, 5) is 11.7. The van der Waals surface area contributed by atoms with Gasteiger partial charge < -0.3 is 15.8 Å². The van der Waals surface area contributed by atoms with Gasteiger partial charge in [0.05, 0.1) is 5.66 Å². The van der Waals surface area contributed by atoms with Gasteiger partial charge in [-0.15, -0.1) is 0 Å². The highest BCUT2D eigenvalue weighted by atomic mass is 79.9. The maximum atomic E-state index is 11.7. The molecular weight excluding hydrogens is 296 g/mol. The predicted molar refractivity (Wildman–Crippen MR) is 78.4 cm³/mol. The predicted octanol–water partition coefficient (Wildman–Crippen LogP) is 3.43. The zero-order valence-electron chi connectivity index (χ0n) is 11.5. The molecule has 0 aromatic rings. The number of rotatable bonds is 5. The summed E-state index contributed by atoms with van der Waals surface area (Å²) in [6.45, 7) is 11.0. The fraction of sp³-hybridized carbons (Fsp3) is 0.615. The van der Waals surface area contributed by atoms with Gasteiger partial charge in [-0.3, -0.25) is 0 Å². The van der Waals surface area contributed by atoms with Crippen molar-refractivity contribution < 1.29 is 9.53 Å². The van der Waals surface area contributed by atoms with E-state index in [1.165, 1.54) is 0 Å². The van der Waals surface area contributed by atoms with Crippen LogP contribution in [0.4, 0.5) is 4.79 Å². The number of nitrogens with two attached hydrogens (primary N) is 1. The molecule has 0 aromatic carbocycles. The quantitative estimate of drug-likeness (QED) is 0.603. The second kappa shape index (κ2) is 6.95. The van der Waals surface area contributed by atoms with E-state index in [0.717, 1.165) is 4.48 Å². The van der Waals surface area contributed by atoms with Gasteiger partial charge in [-0.25, -0.2) is 4.79 Å². The lowest BCUT2D eigenvalue weighted by Crippen LogP contribution is -2.56. The van der Waals surface area contributed by atoms with E-state index in [1.807, 2.05) is 33.8 Å². The number of amides is 1. The molecule has 3 N–H and O–H groups in total. The summed E-state index contributed by atoms with van der Waals surface area (Å²) >= 11 is 3.32. The first-order chi connectivity index (χ1) is 8.12. The topological polar surface area (TPSA) is 64.3 Å². The Balaban J connectivity index is 4.57. The van der Waals surface area contributed by atoms with Crippen molar-refractivity contribution in [3.63, 3.8) is 0 Å². The van der Waals surface area contributed by atoms with Crippen LogP contribution in [0.1, 0.15) is 40.5 Å². The van der Waals surface area contributed by atoms with Crippen molar-refractivity contribution in [1.29, 1.82) is 0 Å². The van der Waals surface area contributed by atoms with Gasteiger partial charge in [-0.1, -0.05) is 41.6 Å². The van der Waals surface area contributed by atoms with E-state index in [0.29, 0.717) is 12.8 Å². The third-order valence-corrected chi connectivity index (χ3v) is 2.88. The van der Waals surface area contributed by atoms with E-state index >= 15 is 0 Å². The molecule has 0 bridgehead atoms. The molecule has 0 radical (unpaired) electrons. The standard InChI is InChI=1S/C13H23BrN2O2/c1-6-10(14)8-9-13(15,7-2)16-11(17)18-12(3,4)5/h6,8H,1,7,9,15H2,2-5H3,(H,16,17)/b10-8+. The summed E-state index contributed by atoms with van der Waals surface area (Å²) in [6, 6.07) is 0. The van der Waals surface area contributed by atoms with E-state index in [9.17, 15) is 4.79 Å². The van der Waals surface area contributed by atoms with Gasteiger partial charge in [0.1, 0.15) is 5.60 Å². The Kier molecular flexibility index (Phi) is 6.63. The smallest absolute Gasteiger partial charge is 0.409 e. The van der Waals surface area contributed by atoms with Gasteiger partial charge in [0.2, 0.25) is 0 Å². The lowest BCUT2D eigenvalue weighted by molar-refractivity contribution is 0.0455. The van der Waals surface area contributed by atoms with Crippen LogP contribution in [0.5, 0.6) is 0 Å². The molecule has 18 heavy (non-hydrogen) atoms. The van der Waals surface area contributed by atoms with Crippen molar-refractivity contribution in [2.75, 3.05) is 0 Å². The third-order valence-electron chi connectivity index (χ3n) is 2.24. The number of nitrogens with one attached hydrogen (secondary N) is 1. The molecule has 0 saturated carbocycles. The molecule has 0 fully saturated rings. The summed E-state index contributed by atoms with van der Waals surface area (Å²) in [5, 5.41) is 2.70. The molecule has 0 rings (SSSR count). The summed E-state index contributed by atoms with van der Waals surface area (Å²) in [6.07, 6.45) is 4.13. The third kappa shape index (κ3) is 7.50. The average Bonchev–Trinajstić information content (AvgIpc) is 2.23. The Morgan fingerprint density at radius 3 is 2.44 bits per heavy atom. The molecule has 1 atom stereocenters. The molecule has 0 spiro atoms. The van der Waals surface area contributed by atoms with Crippen LogP contribution in [0.15, 0.2) is 23.2 Å². The first-order valence-electron chi connectivity index (χ1n) is 5.90. The van der Waals surface area contributed by atoms with E-state index in [1.54, 1.807) is 6.08 Å². The molecule has 0 aliphatic rings. The Morgan fingerprint density at radius 2 is 2.06 bits per heavy atom. The van der Waals surface area contributed by atoms with E-state index in [4.69, 9.17) is 10.5 Å². The number of carbonyl (C=O) groups is 1. The molecule has 104 valence electrons. The molecule has 1 unspecified atom stereocenters. The highest BCUT2D eigenvalue weighted by molar-refractivity contribution is 9.11. The fourth-order valence-electron chi connectivity index (χ4n) is 1.15. The Morgan fingerprint density at radius 1 is 1.50 bits per heavy atom. The number of carbonyl (C=O) groups excluding carboxylic acids is 1. The van der Waals surface area contributed by atoms with Crippen LogP contribution in [0.3, 0.4) is 0 Å². The highest BCUT2D eigenvalue weighted by Gasteiger charge is 2.26. The van der Waals surface area contributed by atoms with E-state index in [-0.39, 0.29) is 0 Å².